The zero-order chi connectivity index (χ0) is 13.9. The summed E-state index contributed by atoms with van der Waals surface area (Å²) >= 11 is 5.42. The Labute approximate surface area is 103 Å². The van der Waals surface area contributed by atoms with E-state index in [9.17, 15) is 22.8 Å². The Bertz CT molecular complexity index is 512. The van der Waals surface area contributed by atoms with Gasteiger partial charge < -0.3 is 14.5 Å². The van der Waals surface area contributed by atoms with Crippen molar-refractivity contribution in [2.75, 3.05) is 7.11 Å². The molecule has 0 amide bonds. The number of carbonyl (C=O) groups is 1. The number of methoxy groups -OCH3 is 1. The minimum absolute atomic E-state index is 0.0663. The molecule has 0 aromatic carbocycles. The van der Waals surface area contributed by atoms with Gasteiger partial charge in [0.25, 0.3) is 0 Å². The smallest absolute Gasteiger partial charge is 0.464 e. The van der Waals surface area contributed by atoms with Crippen LogP contribution in [0.25, 0.3) is 0 Å². The number of halogens is 4. The molecule has 1 aromatic heterocycles. The number of H-pyrrole nitrogens is 1. The minimum atomic E-state index is -5.10. The van der Waals surface area contributed by atoms with Crippen LogP contribution in [0.2, 0.25) is 0 Å². The highest BCUT2D eigenvalue weighted by Crippen LogP contribution is 2.23. The van der Waals surface area contributed by atoms with E-state index in [1.807, 2.05) is 0 Å². The Kier molecular flexibility index (Phi) is 4.23. The fraction of sp³-hybridized carbons (Fsp3) is 0.333. The molecule has 9 heteroatoms. The molecule has 0 fully saturated rings. The molecule has 1 aromatic rings. The van der Waals surface area contributed by atoms with E-state index in [2.05, 4.69) is 14.5 Å². The topological polar surface area (TPSA) is 68.4 Å². The van der Waals surface area contributed by atoms with Crippen molar-refractivity contribution in [1.29, 1.82) is 0 Å². The summed E-state index contributed by atoms with van der Waals surface area (Å²) in [5.74, 6) is -2.53. The zero-order valence-corrected chi connectivity index (χ0v) is 9.69. The summed E-state index contributed by atoms with van der Waals surface area (Å²) < 4.78 is 44.0. The molecule has 1 rings (SSSR count). The van der Waals surface area contributed by atoms with Crippen LogP contribution in [0, 0.1) is 0 Å². The lowest BCUT2D eigenvalue weighted by Crippen LogP contribution is -2.25. The second-order valence-electron chi connectivity index (χ2n) is 3.04. The minimum Gasteiger partial charge on any atom is -0.464 e. The van der Waals surface area contributed by atoms with Gasteiger partial charge >= 0.3 is 12.3 Å². The molecule has 0 atom stereocenters. The molecule has 0 bridgehead atoms. The molecule has 0 saturated heterocycles. The van der Waals surface area contributed by atoms with Crippen molar-refractivity contribution in [1.82, 2.24) is 4.98 Å². The van der Waals surface area contributed by atoms with Crippen molar-refractivity contribution in [2.24, 2.45) is 0 Å². The summed E-state index contributed by atoms with van der Waals surface area (Å²) in [5.41, 5.74) is -1.79. The van der Waals surface area contributed by atoms with Crippen molar-refractivity contribution in [3.8, 4) is 5.75 Å². The molecule has 1 heterocycles. The number of aromatic nitrogens is 1. The van der Waals surface area contributed by atoms with Crippen LogP contribution >= 0.6 is 11.6 Å². The number of hydrogen-bond donors (Lipinski definition) is 1. The fourth-order valence-electron chi connectivity index (χ4n) is 1.14. The van der Waals surface area contributed by atoms with Crippen LogP contribution in [0.3, 0.4) is 0 Å². The molecule has 0 radical (unpaired) electrons. The van der Waals surface area contributed by atoms with E-state index in [0.717, 1.165) is 13.2 Å². The third-order valence-electron chi connectivity index (χ3n) is 1.79. The summed E-state index contributed by atoms with van der Waals surface area (Å²) in [6.07, 6.45) is -5.10. The lowest BCUT2D eigenvalue weighted by Gasteiger charge is -2.12. The van der Waals surface area contributed by atoms with Gasteiger partial charge in [0.2, 0.25) is 11.2 Å². The first kappa shape index (κ1) is 14.4. The molecule has 100 valence electrons. The summed E-state index contributed by atoms with van der Waals surface area (Å²) in [6, 6.07) is 0.806. The Balaban J connectivity index is 3.38. The first-order valence-corrected chi connectivity index (χ1v) is 4.98. The van der Waals surface area contributed by atoms with Crippen molar-refractivity contribution in [3.05, 3.63) is 27.7 Å². The van der Waals surface area contributed by atoms with Gasteiger partial charge in [-0.1, -0.05) is 0 Å². The summed E-state index contributed by atoms with van der Waals surface area (Å²) in [4.78, 5) is 24.9. The molecular weight excluding hydrogens is 279 g/mol. The molecule has 18 heavy (non-hydrogen) atoms. The van der Waals surface area contributed by atoms with Gasteiger partial charge in [-0.3, -0.25) is 4.79 Å². The largest absolute Gasteiger partial charge is 0.573 e. The Morgan fingerprint density at radius 3 is 2.56 bits per heavy atom. The molecular formula is C9H7ClF3NO4. The lowest BCUT2D eigenvalue weighted by molar-refractivity contribution is -0.275. The molecule has 0 aliphatic heterocycles. The maximum absolute atomic E-state index is 12.1. The number of carbonyl (C=O) groups excluding carboxylic acids is 1. The van der Waals surface area contributed by atoms with Gasteiger partial charge in [0.15, 0.2) is 5.69 Å². The number of hydrogen-bond acceptors (Lipinski definition) is 4. The van der Waals surface area contributed by atoms with E-state index >= 15 is 0 Å². The van der Waals surface area contributed by atoms with E-state index in [1.165, 1.54) is 0 Å². The van der Waals surface area contributed by atoms with Crippen LogP contribution in [0.15, 0.2) is 10.9 Å². The lowest BCUT2D eigenvalue weighted by atomic mass is 10.2. The van der Waals surface area contributed by atoms with E-state index in [1.54, 1.807) is 0 Å². The maximum atomic E-state index is 12.1. The molecule has 1 N–H and O–H groups in total. The van der Waals surface area contributed by atoms with Crippen LogP contribution in [-0.2, 0) is 10.6 Å². The number of aromatic amines is 1. The Morgan fingerprint density at radius 1 is 1.50 bits per heavy atom. The van der Waals surface area contributed by atoms with Crippen molar-refractivity contribution in [3.63, 3.8) is 0 Å². The molecule has 0 aliphatic rings. The van der Waals surface area contributed by atoms with Crippen LogP contribution < -0.4 is 10.2 Å². The van der Waals surface area contributed by atoms with E-state index in [-0.39, 0.29) is 11.6 Å². The Morgan fingerprint density at radius 2 is 2.11 bits per heavy atom. The summed E-state index contributed by atoms with van der Waals surface area (Å²) in [5, 5.41) is 0. The third kappa shape index (κ3) is 3.39. The van der Waals surface area contributed by atoms with Crippen LogP contribution in [-0.4, -0.2) is 24.4 Å². The van der Waals surface area contributed by atoms with Gasteiger partial charge in [-0.15, -0.1) is 24.8 Å². The van der Waals surface area contributed by atoms with Gasteiger partial charge in [-0.05, 0) is 0 Å². The highest BCUT2D eigenvalue weighted by Gasteiger charge is 2.35. The number of ether oxygens (including phenoxy) is 2. The van der Waals surface area contributed by atoms with Crippen LogP contribution in [0.5, 0.6) is 5.75 Å². The highest BCUT2D eigenvalue weighted by atomic mass is 35.5. The maximum Gasteiger partial charge on any atom is 0.573 e. The normalized spacial score (nSPS) is 11.2. The molecule has 0 aliphatic carbocycles. The van der Waals surface area contributed by atoms with Crippen molar-refractivity contribution >= 4 is 17.6 Å². The highest BCUT2D eigenvalue weighted by molar-refractivity contribution is 6.16. The van der Waals surface area contributed by atoms with E-state index in [0.29, 0.717) is 0 Å². The van der Waals surface area contributed by atoms with Crippen molar-refractivity contribution < 1.29 is 27.4 Å². The third-order valence-corrected chi connectivity index (χ3v) is 2.08. The number of esters is 1. The number of nitrogens with one attached hydrogen (secondary N) is 1. The quantitative estimate of drug-likeness (QED) is 0.679. The van der Waals surface area contributed by atoms with Crippen LogP contribution in [0.1, 0.15) is 16.2 Å². The van der Waals surface area contributed by atoms with Crippen LogP contribution in [0.4, 0.5) is 13.2 Å². The number of rotatable bonds is 3. The fourth-order valence-corrected chi connectivity index (χ4v) is 1.28. The Hall–Kier alpha value is -1.70. The van der Waals surface area contributed by atoms with Gasteiger partial charge in [0.1, 0.15) is 0 Å². The van der Waals surface area contributed by atoms with Gasteiger partial charge in [-0.25, -0.2) is 4.79 Å². The van der Waals surface area contributed by atoms with E-state index in [4.69, 9.17) is 11.6 Å². The average Bonchev–Trinajstić information content (AvgIpc) is 2.28. The second-order valence-corrected chi connectivity index (χ2v) is 3.30. The van der Waals surface area contributed by atoms with Gasteiger partial charge in [0.05, 0.1) is 13.0 Å². The zero-order valence-electron chi connectivity index (χ0n) is 8.93. The molecule has 0 saturated carbocycles. The standard InChI is InChI=1S/C9H7ClF3NO4/c1-17-8(16)6-7(18-9(11,12)13)5(15)2-4(3-10)14-6/h2H,3H2,1H3,(H,14,15). The molecule has 0 unspecified atom stereocenters. The first-order chi connectivity index (χ1) is 8.28. The predicted octanol–water partition coefficient (Wildman–Crippen LogP) is 1.80. The second kappa shape index (κ2) is 5.30. The predicted molar refractivity (Wildman–Crippen MR) is 54.6 cm³/mol. The van der Waals surface area contributed by atoms with Gasteiger partial charge in [-0.2, -0.15) is 0 Å². The molecule has 0 spiro atoms. The number of alkyl halides is 4. The van der Waals surface area contributed by atoms with Crippen molar-refractivity contribution in [2.45, 2.75) is 12.2 Å². The van der Waals surface area contributed by atoms with Gasteiger partial charge in [0, 0.05) is 11.8 Å². The summed E-state index contributed by atoms with van der Waals surface area (Å²) in [6.45, 7) is 0. The first-order valence-electron chi connectivity index (χ1n) is 4.44. The number of pyridine rings is 1. The molecule has 5 nitrogen and oxygen atoms in total. The monoisotopic (exact) mass is 285 g/mol. The average molecular weight is 286 g/mol. The summed E-state index contributed by atoms with van der Waals surface area (Å²) in [7, 11) is 0.950. The van der Waals surface area contributed by atoms with E-state index < -0.39 is 29.2 Å². The SMILES string of the molecule is COC(=O)c1[nH]c(CCl)cc(=O)c1OC(F)(F)F.